The van der Waals surface area contributed by atoms with Crippen LogP contribution in [0.4, 0.5) is 0 Å². The van der Waals surface area contributed by atoms with Crippen molar-refractivity contribution >= 4 is 11.8 Å². The van der Waals surface area contributed by atoms with Gasteiger partial charge in [-0.15, -0.1) is 0 Å². The summed E-state index contributed by atoms with van der Waals surface area (Å²) < 4.78 is 0. The SMILES string of the molecule is CCCC[C@H](NC(=O)[C@H](O)CC(C)C)C(N)=O. The van der Waals surface area contributed by atoms with Crippen molar-refractivity contribution in [3.05, 3.63) is 0 Å². The van der Waals surface area contributed by atoms with Gasteiger partial charge in [0.2, 0.25) is 11.8 Å². The first-order valence-corrected chi connectivity index (χ1v) is 6.16. The average molecular weight is 244 g/mol. The van der Waals surface area contributed by atoms with E-state index in [1.54, 1.807) is 0 Å². The summed E-state index contributed by atoms with van der Waals surface area (Å²) in [6.07, 6.45) is 1.57. The summed E-state index contributed by atoms with van der Waals surface area (Å²) in [7, 11) is 0. The quantitative estimate of drug-likeness (QED) is 0.582. The second-order valence-electron chi connectivity index (χ2n) is 4.75. The van der Waals surface area contributed by atoms with Gasteiger partial charge in [-0.25, -0.2) is 0 Å². The topological polar surface area (TPSA) is 92.4 Å². The molecule has 4 N–H and O–H groups in total. The van der Waals surface area contributed by atoms with E-state index in [1.165, 1.54) is 0 Å². The van der Waals surface area contributed by atoms with Crippen LogP contribution >= 0.6 is 0 Å². The van der Waals surface area contributed by atoms with E-state index in [2.05, 4.69) is 5.32 Å². The van der Waals surface area contributed by atoms with Gasteiger partial charge < -0.3 is 16.2 Å². The second-order valence-corrected chi connectivity index (χ2v) is 4.75. The Hall–Kier alpha value is -1.10. The zero-order valence-corrected chi connectivity index (χ0v) is 10.9. The van der Waals surface area contributed by atoms with E-state index >= 15 is 0 Å². The van der Waals surface area contributed by atoms with Gasteiger partial charge in [0, 0.05) is 0 Å². The first kappa shape index (κ1) is 15.9. The van der Waals surface area contributed by atoms with Gasteiger partial charge in [0.05, 0.1) is 0 Å². The predicted molar refractivity (Wildman–Crippen MR) is 66.1 cm³/mol. The Bertz CT molecular complexity index is 254. The van der Waals surface area contributed by atoms with Crippen molar-refractivity contribution in [3.63, 3.8) is 0 Å². The smallest absolute Gasteiger partial charge is 0.249 e. The molecule has 0 radical (unpaired) electrons. The van der Waals surface area contributed by atoms with Crippen LogP contribution in [-0.2, 0) is 9.59 Å². The van der Waals surface area contributed by atoms with Crippen LogP contribution in [0, 0.1) is 5.92 Å². The third-order valence-corrected chi connectivity index (χ3v) is 2.50. The molecule has 0 spiro atoms. The van der Waals surface area contributed by atoms with Gasteiger partial charge in [-0.05, 0) is 18.8 Å². The fraction of sp³-hybridized carbons (Fsp3) is 0.833. The Morgan fingerprint density at radius 2 is 1.94 bits per heavy atom. The van der Waals surface area contributed by atoms with Crippen LogP contribution < -0.4 is 11.1 Å². The number of aliphatic hydroxyl groups excluding tert-OH is 1. The summed E-state index contributed by atoms with van der Waals surface area (Å²) in [6, 6.07) is -0.677. The van der Waals surface area contributed by atoms with Gasteiger partial charge in [-0.3, -0.25) is 9.59 Å². The van der Waals surface area contributed by atoms with Crippen LogP contribution in [0.5, 0.6) is 0 Å². The molecule has 2 amide bonds. The molecule has 0 bridgehead atoms. The summed E-state index contributed by atoms with van der Waals surface area (Å²) in [5.41, 5.74) is 5.19. The molecular weight excluding hydrogens is 220 g/mol. The number of nitrogens with one attached hydrogen (secondary N) is 1. The average Bonchev–Trinajstić information content (AvgIpc) is 2.22. The van der Waals surface area contributed by atoms with Crippen LogP contribution in [-0.4, -0.2) is 29.1 Å². The summed E-state index contributed by atoms with van der Waals surface area (Å²) in [6.45, 7) is 5.83. The molecule has 100 valence electrons. The lowest BCUT2D eigenvalue weighted by Crippen LogP contribution is -2.48. The largest absolute Gasteiger partial charge is 0.383 e. The van der Waals surface area contributed by atoms with Gasteiger partial charge in [-0.2, -0.15) is 0 Å². The van der Waals surface area contributed by atoms with Crippen molar-refractivity contribution in [1.82, 2.24) is 5.32 Å². The molecule has 0 saturated carbocycles. The molecule has 0 aliphatic heterocycles. The van der Waals surface area contributed by atoms with Crippen LogP contribution in [0.25, 0.3) is 0 Å². The van der Waals surface area contributed by atoms with Crippen LogP contribution in [0.1, 0.15) is 46.5 Å². The molecule has 0 fully saturated rings. The van der Waals surface area contributed by atoms with Crippen molar-refractivity contribution in [2.45, 2.75) is 58.6 Å². The number of amides is 2. The minimum Gasteiger partial charge on any atom is -0.383 e. The fourth-order valence-electron chi connectivity index (χ4n) is 1.52. The number of aliphatic hydroxyl groups is 1. The Balaban J connectivity index is 4.24. The highest BCUT2D eigenvalue weighted by Crippen LogP contribution is 2.06. The molecule has 0 aromatic carbocycles. The molecule has 0 heterocycles. The van der Waals surface area contributed by atoms with E-state index in [4.69, 9.17) is 5.73 Å². The van der Waals surface area contributed by atoms with Crippen LogP contribution in [0.15, 0.2) is 0 Å². The van der Waals surface area contributed by atoms with Crippen molar-refractivity contribution in [2.75, 3.05) is 0 Å². The number of primary amides is 1. The Labute approximate surface area is 103 Å². The molecule has 0 rings (SSSR count). The predicted octanol–water partition coefficient (Wildman–Crippen LogP) is 0.554. The molecule has 0 aromatic heterocycles. The zero-order valence-electron chi connectivity index (χ0n) is 10.9. The first-order chi connectivity index (χ1) is 7.88. The molecule has 0 aliphatic carbocycles. The van der Waals surface area contributed by atoms with Gasteiger partial charge >= 0.3 is 0 Å². The van der Waals surface area contributed by atoms with Gasteiger partial charge in [0.25, 0.3) is 0 Å². The number of carbonyl (C=O) groups is 2. The molecular formula is C12H24N2O3. The van der Waals surface area contributed by atoms with Crippen molar-refractivity contribution < 1.29 is 14.7 Å². The first-order valence-electron chi connectivity index (χ1n) is 6.16. The summed E-state index contributed by atoms with van der Waals surface area (Å²) >= 11 is 0. The van der Waals surface area contributed by atoms with E-state index < -0.39 is 24.0 Å². The van der Waals surface area contributed by atoms with Crippen LogP contribution in [0.3, 0.4) is 0 Å². The van der Waals surface area contributed by atoms with Crippen LogP contribution in [0.2, 0.25) is 0 Å². The highest BCUT2D eigenvalue weighted by molar-refractivity contribution is 5.88. The zero-order chi connectivity index (χ0) is 13.4. The Morgan fingerprint density at radius 1 is 1.35 bits per heavy atom. The Kier molecular flexibility index (Phi) is 7.54. The normalized spacial score (nSPS) is 14.4. The molecule has 5 heteroatoms. The highest BCUT2D eigenvalue weighted by atomic mass is 16.3. The molecule has 2 atom stereocenters. The third-order valence-electron chi connectivity index (χ3n) is 2.50. The van der Waals surface area contributed by atoms with Gasteiger partial charge in [-0.1, -0.05) is 33.6 Å². The fourth-order valence-corrected chi connectivity index (χ4v) is 1.52. The maximum atomic E-state index is 11.6. The van der Waals surface area contributed by atoms with E-state index in [9.17, 15) is 14.7 Å². The number of rotatable bonds is 8. The standard InChI is InChI=1S/C12H24N2O3/c1-4-5-6-9(11(13)16)14-12(17)10(15)7-8(2)3/h8-10,15H,4-7H2,1-3H3,(H2,13,16)(H,14,17)/t9-,10+/m0/s1. The Morgan fingerprint density at radius 3 is 2.35 bits per heavy atom. The maximum Gasteiger partial charge on any atom is 0.249 e. The molecule has 5 nitrogen and oxygen atoms in total. The lowest BCUT2D eigenvalue weighted by atomic mass is 10.0. The van der Waals surface area contributed by atoms with Crippen molar-refractivity contribution in [1.29, 1.82) is 0 Å². The lowest BCUT2D eigenvalue weighted by molar-refractivity contribution is -0.133. The molecule has 0 aromatic rings. The number of nitrogens with two attached hydrogens (primary N) is 1. The summed E-state index contributed by atoms with van der Waals surface area (Å²) in [5, 5.41) is 12.1. The molecule has 0 aliphatic rings. The number of unbranched alkanes of at least 4 members (excludes halogenated alkanes) is 1. The lowest BCUT2D eigenvalue weighted by Gasteiger charge is -2.18. The maximum absolute atomic E-state index is 11.6. The third kappa shape index (κ3) is 6.94. The monoisotopic (exact) mass is 244 g/mol. The second kappa shape index (κ2) is 8.06. The molecule has 0 unspecified atom stereocenters. The van der Waals surface area contributed by atoms with E-state index in [0.717, 1.165) is 12.8 Å². The number of carbonyl (C=O) groups excluding carboxylic acids is 2. The van der Waals surface area contributed by atoms with E-state index in [1.807, 2.05) is 20.8 Å². The molecule has 0 saturated heterocycles. The van der Waals surface area contributed by atoms with Gasteiger partial charge in [0.1, 0.15) is 12.1 Å². The molecule has 17 heavy (non-hydrogen) atoms. The number of hydrogen-bond donors (Lipinski definition) is 3. The van der Waals surface area contributed by atoms with Crippen molar-refractivity contribution in [3.8, 4) is 0 Å². The summed E-state index contributed by atoms with van der Waals surface area (Å²) in [5.74, 6) is -0.847. The van der Waals surface area contributed by atoms with E-state index in [-0.39, 0.29) is 5.92 Å². The summed E-state index contributed by atoms with van der Waals surface area (Å²) in [4.78, 5) is 22.7. The van der Waals surface area contributed by atoms with Gasteiger partial charge in [0.15, 0.2) is 0 Å². The number of hydrogen-bond acceptors (Lipinski definition) is 3. The van der Waals surface area contributed by atoms with E-state index in [0.29, 0.717) is 12.8 Å². The highest BCUT2D eigenvalue weighted by Gasteiger charge is 2.22. The minimum absolute atomic E-state index is 0.221. The van der Waals surface area contributed by atoms with Crippen molar-refractivity contribution in [2.24, 2.45) is 11.7 Å². The minimum atomic E-state index is -1.07.